The number of sulfonamides is 1. The van der Waals surface area contributed by atoms with Gasteiger partial charge in [-0.3, -0.25) is 0 Å². The predicted molar refractivity (Wildman–Crippen MR) is 84.5 cm³/mol. The van der Waals surface area contributed by atoms with Gasteiger partial charge in [0, 0.05) is 23.8 Å². The molecule has 1 saturated carbocycles. The molecule has 2 atom stereocenters. The number of rotatable bonds is 6. The lowest BCUT2D eigenvalue weighted by atomic mass is 9.64. The molecule has 21 heavy (non-hydrogen) atoms. The van der Waals surface area contributed by atoms with Gasteiger partial charge in [0.2, 0.25) is 10.0 Å². The Kier molecular flexibility index (Phi) is 4.60. The van der Waals surface area contributed by atoms with Crippen molar-refractivity contribution in [3.8, 4) is 0 Å². The van der Waals surface area contributed by atoms with Crippen molar-refractivity contribution >= 4 is 15.7 Å². The standard InChI is InChI=1S/C15H24N2O3S/c1-4-20-14-9-13(15(14,2)3)17-12-7-5-11(6-8-12)10-21(16,18)19/h5-8,13-14,17H,4,9-10H2,1-3H3,(H2,16,18,19). The van der Waals surface area contributed by atoms with Gasteiger partial charge in [-0.1, -0.05) is 26.0 Å². The van der Waals surface area contributed by atoms with E-state index < -0.39 is 10.0 Å². The number of anilines is 1. The van der Waals surface area contributed by atoms with E-state index in [1.54, 1.807) is 12.1 Å². The number of primary sulfonamides is 1. The van der Waals surface area contributed by atoms with Crippen LogP contribution in [0.4, 0.5) is 5.69 Å². The Balaban J connectivity index is 1.96. The van der Waals surface area contributed by atoms with Gasteiger partial charge in [-0.25, -0.2) is 13.6 Å². The summed E-state index contributed by atoms with van der Waals surface area (Å²) in [6.07, 6.45) is 1.28. The van der Waals surface area contributed by atoms with Crippen LogP contribution in [0.3, 0.4) is 0 Å². The second kappa shape index (κ2) is 5.94. The van der Waals surface area contributed by atoms with Crippen LogP contribution in [0.1, 0.15) is 32.8 Å². The smallest absolute Gasteiger partial charge is 0.213 e. The molecule has 0 bridgehead atoms. The van der Waals surface area contributed by atoms with Crippen molar-refractivity contribution in [2.24, 2.45) is 10.6 Å². The van der Waals surface area contributed by atoms with Gasteiger partial charge >= 0.3 is 0 Å². The van der Waals surface area contributed by atoms with E-state index >= 15 is 0 Å². The predicted octanol–water partition coefficient (Wildman–Crippen LogP) is 2.09. The van der Waals surface area contributed by atoms with Gasteiger partial charge in [-0.2, -0.15) is 0 Å². The van der Waals surface area contributed by atoms with E-state index in [9.17, 15) is 8.42 Å². The first-order chi connectivity index (χ1) is 9.72. The van der Waals surface area contributed by atoms with Gasteiger partial charge < -0.3 is 10.1 Å². The molecular weight excluding hydrogens is 288 g/mol. The topological polar surface area (TPSA) is 81.4 Å². The minimum Gasteiger partial charge on any atom is -0.382 e. The quantitative estimate of drug-likeness (QED) is 0.843. The van der Waals surface area contributed by atoms with Crippen LogP contribution in [0.25, 0.3) is 0 Å². The Labute approximate surface area is 126 Å². The normalized spacial score (nSPS) is 24.4. The molecule has 0 amide bonds. The number of nitrogens with two attached hydrogens (primary N) is 1. The zero-order chi connectivity index (χ0) is 15.7. The van der Waals surface area contributed by atoms with Crippen molar-refractivity contribution in [2.45, 2.75) is 45.1 Å². The molecule has 1 fully saturated rings. The highest BCUT2D eigenvalue weighted by atomic mass is 32.2. The van der Waals surface area contributed by atoms with Crippen LogP contribution in [0.2, 0.25) is 0 Å². The molecular formula is C15H24N2O3S. The van der Waals surface area contributed by atoms with Crippen LogP contribution >= 0.6 is 0 Å². The average Bonchev–Trinajstić information content (AvgIpc) is 2.38. The fraction of sp³-hybridized carbons (Fsp3) is 0.600. The second-order valence-electron chi connectivity index (χ2n) is 6.20. The van der Waals surface area contributed by atoms with Crippen LogP contribution in [-0.2, 0) is 20.5 Å². The third-order valence-corrected chi connectivity index (χ3v) is 4.94. The number of hydrogen-bond donors (Lipinski definition) is 2. The van der Waals surface area contributed by atoms with Gasteiger partial charge in [0.15, 0.2) is 0 Å². The molecule has 1 aliphatic carbocycles. The molecule has 0 saturated heterocycles. The van der Waals surface area contributed by atoms with E-state index in [1.165, 1.54) is 0 Å². The fourth-order valence-corrected chi connectivity index (χ4v) is 3.40. The molecule has 0 aromatic heterocycles. The lowest BCUT2D eigenvalue weighted by Gasteiger charge is -2.52. The minimum absolute atomic E-state index is 0.0925. The SMILES string of the molecule is CCOC1CC(Nc2ccc(CS(N)(=O)=O)cc2)C1(C)C. The maximum atomic E-state index is 11.0. The van der Waals surface area contributed by atoms with Crippen molar-refractivity contribution in [1.29, 1.82) is 0 Å². The third-order valence-electron chi connectivity index (χ3n) is 4.21. The van der Waals surface area contributed by atoms with E-state index in [-0.39, 0.29) is 11.2 Å². The molecule has 5 nitrogen and oxygen atoms in total. The lowest BCUT2D eigenvalue weighted by Crippen LogP contribution is -2.58. The number of benzene rings is 1. The summed E-state index contributed by atoms with van der Waals surface area (Å²) in [4.78, 5) is 0. The average molecular weight is 312 g/mol. The van der Waals surface area contributed by atoms with E-state index in [1.807, 2.05) is 19.1 Å². The van der Waals surface area contributed by atoms with Crippen molar-refractivity contribution in [3.05, 3.63) is 29.8 Å². The van der Waals surface area contributed by atoms with Crippen LogP contribution < -0.4 is 10.5 Å². The van der Waals surface area contributed by atoms with Gasteiger partial charge in [0.05, 0.1) is 11.9 Å². The summed E-state index contributed by atoms with van der Waals surface area (Å²) in [5, 5.41) is 8.53. The van der Waals surface area contributed by atoms with E-state index in [0.29, 0.717) is 17.7 Å². The molecule has 2 rings (SSSR count). The first kappa shape index (κ1) is 16.3. The summed E-state index contributed by atoms with van der Waals surface area (Å²) in [5.74, 6) is -0.130. The molecule has 1 aromatic carbocycles. The third kappa shape index (κ3) is 3.96. The Morgan fingerprint density at radius 1 is 1.33 bits per heavy atom. The summed E-state index contributed by atoms with van der Waals surface area (Å²) < 4.78 is 27.8. The summed E-state index contributed by atoms with van der Waals surface area (Å²) in [6, 6.07) is 7.73. The van der Waals surface area contributed by atoms with Crippen LogP contribution in [0.5, 0.6) is 0 Å². The molecule has 6 heteroatoms. The first-order valence-electron chi connectivity index (χ1n) is 7.20. The lowest BCUT2D eigenvalue weighted by molar-refractivity contribution is -0.0975. The van der Waals surface area contributed by atoms with Crippen molar-refractivity contribution in [2.75, 3.05) is 11.9 Å². The Hall–Kier alpha value is -1.11. The van der Waals surface area contributed by atoms with Crippen molar-refractivity contribution in [3.63, 3.8) is 0 Å². The van der Waals surface area contributed by atoms with Crippen LogP contribution in [-0.4, -0.2) is 27.2 Å². The molecule has 0 heterocycles. The molecule has 1 aromatic rings. The number of hydrogen-bond acceptors (Lipinski definition) is 4. The fourth-order valence-electron chi connectivity index (χ4n) is 2.75. The monoisotopic (exact) mass is 312 g/mol. The van der Waals surface area contributed by atoms with E-state index in [4.69, 9.17) is 9.88 Å². The molecule has 0 radical (unpaired) electrons. The highest BCUT2D eigenvalue weighted by molar-refractivity contribution is 7.88. The molecule has 1 aliphatic rings. The van der Waals surface area contributed by atoms with Gasteiger partial charge in [-0.15, -0.1) is 0 Å². The van der Waals surface area contributed by atoms with Crippen LogP contribution in [0.15, 0.2) is 24.3 Å². The first-order valence-corrected chi connectivity index (χ1v) is 8.91. The van der Waals surface area contributed by atoms with Crippen molar-refractivity contribution < 1.29 is 13.2 Å². The van der Waals surface area contributed by atoms with Gasteiger partial charge in [-0.05, 0) is 31.0 Å². The second-order valence-corrected chi connectivity index (χ2v) is 7.82. The Morgan fingerprint density at radius 2 is 1.95 bits per heavy atom. The Bertz CT molecular complexity index is 581. The van der Waals surface area contributed by atoms with Crippen LogP contribution in [0, 0.1) is 5.41 Å². The maximum absolute atomic E-state index is 11.0. The minimum atomic E-state index is -3.48. The molecule has 0 spiro atoms. The number of nitrogens with one attached hydrogen (secondary N) is 1. The summed E-state index contributed by atoms with van der Waals surface area (Å²) >= 11 is 0. The Morgan fingerprint density at radius 3 is 2.43 bits per heavy atom. The highest BCUT2D eigenvalue weighted by Crippen LogP contribution is 2.44. The zero-order valence-corrected chi connectivity index (χ0v) is 13.6. The van der Waals surface area contributed by atoms with Gasteiger partial charge in [0.25, 0.3) is 0 Å². The van der Waals surface area contributed by atoms with Gasteiger partial charge in [0.1, 0.15) is 0 Å². The molecule has 2 unspecified atom stereocenters. The summed E-state index contributed by atoms with van der Waals surface area (Å²) in [6.45, 7) is 7.15. The highest BCUT2D eigenvalue weighted by Gasteiger charge is 2.48. The molecule has 118 valence electrons. The molecule has 0 aliphatic heterocycles. The zero-order valence-electron chi connectivity index (χ0n) is 12.8. The maximum Gasteiger partial charge on any atom is 0.213 e. The van der Waals surface area contributed by atoms with E-state index in [2.05, 4.69) is 19.2 Å². The summed E-state index contributed by atoms with van der Waals surface area (Å²) in [7, 11) is -3.48. The largest absolute Gasteiger partial charge is 0.382 e. The number of ether oxygens (including phenoxy) is 1. The van der Waals surface area contributed by atoms with Crippen molar-refractivity contribution in [1.82, 2.24) is 0 Å². The molecule has 3 N–H and O–H groups in total. The van der Waals surface area contributed by atoms with E-state index in [0.717, 1.165) is 18.7 Å². The summed E-state index contributed by atoms with van der Waals surface area (Å²) in [5.41, 5.74) is 1.78.